The highest BCUT2D eigenvalue weighted by molar-refractivity contribution is 7.89. The Bertz CT molecular complexity index is 1180. The second-order valence-corrected chi connectivity index (χ2v) is 8.14. The zero-order chi connectivity index (χ0) is 21.3. The van der Waals surface area contributed by atoms with Gasteiger partial charge in [-0.3, -0.25) is 4.79 Å². The lowest BCUT2D eigenvalue weighted by atomic mass is 9.99. The first-order valence-corrected chi connectivity index (χ1v) is 10.1. The van der Waals surface area contributed by atoms with E-state index >= 15 is 0 Å². The van der Waals surface area contributed by atoms with E-state index in [-0.39, 0.29) is 26.9 Å². The fourth-order valence-electron chi connectivity index (χ4n) is 2.75. The van der Waals surface area contributed by atoms with Gasteiger partial charge < -0.3 is 5.32 Å². The molecule has 1 heterocycles. The number of rotatable bonds is 5. The molecule has 3 rings (SSSR count). The number of nitrogens with zero attached hydrogens (tertiary/aromatic N) is 2. The first kappa shape index (κ1) is 20.9. The second-order valence-electron chi connectivity index (χ2n) is 6.18. The van der Waals surface area contributed by atoms with Gasteiger partial charge in [-0.15, -0.1) is 0 Å². The molecule has 3 aromatic rings. The van der Waals surface area contributed by atoms with E-state index in [9.17, 15) is 22.0 Å². The van der Waals surface area contributed by atoms with Crippen LogP contribution in [0.1, 0.15) is 18.4 Å². The van der Waals surface area contributed by atoms with Crippen molar-refractivity contribution >= 4 is 33.2 Å². The second kappa shape index (κ2) is 7.90. The number of sulfonamides is 1. The standard InChI is InChI=1S/C18H15ClF2N4O3S/c1-10(17-13(20)3-2-4-14(17)21)18(26)24-12-5-6-15(16(7-12)29(22,27)28)25-9-11(19)8-23-25/h2-10H,1H3,(H,24,26)(H2,22,27,28). The molecule has 1 aromatic heterocycles. The molecule has 0 spiro atoms. The minimum absolute atomic E-state index is 0.0737. The normalized spacial score (nSPS) is 12.6. The molecule has 11 heteroatoms. The molecule has 0 aliphatic rings. The van der Waals surface area contributed by atoms with Crippen molar-refractivity contribution in [2.75, 3.05) is 5.32 Å². The topological polar surface area (TPSA) is 107 Å². The largest absolute Gasteiger partial charge is 0.326 e. The molecule has 0 aliphatic carbocycles. The first-order chi connectivity index (χ1) is 13.6. The van der Waals surface area contributed by atoms with Crippen LogP contribution in [0.25, 0.3) is 5.69 Å². The molecule has 0 bridgehead atoms. The Morgan fingerprint density at radius 2 is 1.90 bits per heavy atom. The highest BCUT2D eigenvalue weighted by Crippen LogP contribution is 2.27. The van der Waals surface area contributed by atoms with Crippen molar-refractivity contribution in [3.63, 3.8) is 0 Å². The van der Waals surface area contributed by atoms with Crippen LogP contribution in [0.4, 0.5) is 14.5 Å². The summed E-state index contributed by atoms with van der Waals surface area (Å²) in [4.78, 5) is 12.2. The van der Waals surface area contributed by atoms with Crippen molar-refractivity contribution < 1.29 is 22.0 Å². The average molecular weight is 441 g/mol. The van der Waals surface area contributed by atoms with Gasteiger partial charge in [-0.05, 0) is 37.3 Å². The molecule has 0 saturated heterocycles. The van der Waals surface area contributed by atoms with Crippen LogP contribution in [0.15, 0.2) is 53.7 Å². The quantitative estimate of drug-likeness (QED) is 0.635. The fraction of sp³-hybridized carbons (Fsp3) is 0.111. The van der Waals surface area contributed by atoms with Gasteiger partial charge in [0, 0.05) is 17.4 Å². The van der Waals surface area contributed by atoms with Gasteiger partial charge in [-0.2, -0.15) is 5.10 Å². The molecule has 0 aliphatic heterocycles. The predicted octanol–water partition coefficient (Wildman–Crippen LogP) is 3.19. The third-order valence-corrected chi connectivity index (χ3v) is 5.29. The highest BCUT2D eigenvalue weighted by atomic mass is 35.5. The van der Waals surface area contributed by atoms with Crippen LogP contribution in [-0.2, 0) is 14.8 Å². The maximum atomic E-state index is 13.9. The van der Waals surface area contributed by atoms with Gasteiger partial charge in [-0.25, -0.2) is 27.0 Å². The third-order valence-electron chi connectivity index (χ3n) is 4.16. The number of carbonyl (C=O) groups excluding carboxylic acids is 1. The molecule has 0 saturated carbocycles. The summed E-state index contributed by atoms with van der Waals surface area (Å²) < 4.78 is 53.1. The lowest BCUT2D eigenvalue weighted by Crippen LogP contribution is -2.22. The van der Waals surface area contributed by atoms with E-state index < -0.39 is 33.5 Å². The van der Waals surface area contributed by atoms with E-state index in [1.807, 2.05) is 0 Å². The smallest absolute Gasteiger partial charge is 0.240 e. The van der Waals surface area contributed by atoms with Gasteiger partial charge in [0.15, 0.2) is 0 Å². The Morgan fingerprint density at radius 3 is 2.45 bits per heavy atom. The number of aromatic nitrogens is 2. The van der Waals surface area contributed by atoms with Crippen molar-refractivity contribution in [3.05, 3.63) is 71.0 Å². The van der Waals surface area contributed by atoms with Crippen LogP contribution in [0, 0.1) is 11.6 Å². The lowest BCUT2D eigenvalue weighted by Gasteiger charge is -2.15. The number of halogens is 3. The van der Waals surface area contributed by atoms with E-state index in [0.29, 0.717) is 0 Å². The van der Waals surface area contributed by atoms with E-state index in [4.69, 9.17) is 16.7 Å². The number of carbonyl (C=O) groups is 1. The number of primary sulfonamides is 1. The number of benzene rings is 2. The maximum absolute atomic E-state index is 13.9. The molecule has 152 valence electrons. The summed E-state index contributed by atoms with van der Waals surface area (Å²) in [6, 6.07) is 7.19. The van der Waals surface area contributed by atoms with Crippen molar-refractivity contribution in [2.45, 2.75) is 17.7 Å². The zero-order valence-electron chi connectivity index (χ0n) is 14.9. The van der Waals surface area contributed by atoms with Gasteiger partial charge in [-0.1, -0.05) is 17.7 Å². The first-order valence-electron chi connectivity index (χ1n) is 8.20. The van der Waals surface area contributed by atoms with Crippen LogP contribution in [0.3, 0.4) is 0 Å². The molecule has 1 unspecified atom stereocenters. The van der Waals surface area contributed by atoms with Gasteiger partial charge in [0.25, 0.3) is 0 Å². The SMILES string of the molecule is CC(C(=O)Nc1ccc(-n2cc(Cl)cn2)c(S(N)(=O)=O)c1)c1c(F)cccc1F. The van der Waals surface area contributed by atoms with Gasteiger partial charge in [0.2, 0.25) is 15.9 Å². The maximum Gasteiger partial charge on any atom is 0.240 e. The van der Waals surface area contributed by atoms with Gasteiger partial charge >= 0.3 is 0 Å². The van der Waals surface area contributed by atoms with E-state index in [0.717, 1.165) is 18.2 Å². The highest BCUT2D eigenvalue weighted by Gasteiger charge is 2.24. The minimum atomic E-state index is -4.19. The summed E-state index contributed by atoms with van der Waals surface area (Å²) in [5.41, 5.74) is -0.199. The Morgan fingerprint density at radius 1 is 1.24 bits per heavy atom. The van der Waals surface area contributed by atoms with Gasteiger partial charge in [0.1, 0.15) is 16.5 Å². The summed E-state index contributed by atoms with van der Waals surface area (Å²) in [5.74, 6) is -3.62. The Kier molecular flexibility index (Phi) is 5.69. The lowest BCUT2D eigenvalue weighted by molar-refractivity contribution is -0.117. The van der Waals surface area contributed by atoms with Crippen molar-refractivity contribution in [1.29, 1.82) is 0 Å². The monoisotopic (exact) mass is 440 g/mol. The average Bonchev–Trinajstić information content (AvgIpc) is 3.07. The summed E-state index contributed by atoms with van der Waals surface area (Å²) in [6.45, 7) is 1.33. The molecule has 2 aromatic carbocycles. The summed E-state index contributed by atoms with van der Waals surface area (Å²) in [7, 11) is -4.19. The van der Waals surface area contributed by atoms with Crippen molar-refractivity contribution in [1.82, 2.24) is 9.78 Å². The molecule has 0 radical (unpaired) electrons. The predicted molar refractivity (Wildman–Crippen MR) is 103 cm³/mol. The van der Waals surface area contributed by atoms with E-state index in [1.165, 1.54) is 42.2 Å². The minimum Gasteiger partial charge on any atom is -0.326 e. The van der Waals surface area contributed by atoms with Gasteiger partial charge in [0.05, 0.1) is 22.8 Å². The van der Waals surface area contributed by atoms with Crippen LogP contribution in [0.2, 0.25) is 5.02 Å². The Labute approximate surface area is 170 Å². The van der Waals surface area contributed by atoms with E-state index in [2.05, 4.69) is 10.4 Å². The van der Waals surface area contributed by atoms with Crippen LogP contribution in [0.5, 0.6) is 0 Å². The van der Waals surface area contributed by atoms with Crippen molar-refractivity contribution in [2.24, 2.45) is 5.14 Å². The fourth-order valence-corrected chi connectivity index (χ4v) is 3.63. The molecular weight excluding hydrogens is 426 g/mol. The molecule has 29 heavy (non-hydrogen) atoms. The number of amides is 1. The summed E-state index contributed by atoms with van der Waals surface area (Å²) in [5, 5.41) is 11.9. The third kappa shape index (κ3) is 4.44. The molecule has 3 N–H and O–H groups in total. The van der Waals surface area contributed by atoms with Crippen molar-refractivity contribution in [3.8, 4) is 5.69 Å². The number of hydrogen-bond acceptors (Lipinski definition) is 4. The number of nitrogens with two attached hydrogens (primary N) is 1. The molecule has 7 nitrogen and oxygen atoms in total. The molecular formula is C18H15ClF2N4O3S. The molecule has 1 amide bonds. The van der Waals surface area contributed by atoms with Crippen LogP contribution in [-0.4, -0.2) is 24.1 Å². The summed E-state index contributed by atoms with van der Waals surface area (Å²) >= 11 is 5.81. The zero-order valence-corrected chi connectivity index (χ0v) is 16.5. The summed E-state index contributed by atoms with van der Waals surface area (Å²) in [6.07, 6.45) is 2.70. The number of nitrogens with one attached hydrogen (secondary N) is 1. The molecule has 0 fully saturated rings. The van der Waals surface area contributed by atoms with Crippen LogP contribution >= 0.6 is 11.6 Å². The number of anilines is 1. The number of hydrogen-bond donors (Lipinski definition) is 2. The molecule has 1 atom stereocenters. The van der Waals surface area contributed by atoms with E-state index in [1.54, 1.807) is 0 Å². The van der Waals surface area contributed by atoms with Crippen LogP contribution < -0.4 is 10.5 Å². The Balaban J connectivity index is 1.95. The Hall–Kier alpha value is -2.82.